The summed E-state index contributed by atoms with van der Waals surface area (Å²) in [6.07, 6.45) is 6.01. The van der Waals surface area contributed by atoms with Crippen LogP contribution in [0.2, 0.25) is 0 Å². The molecule has 2 aliphatic rings. The number of methoxy groups -OCH3 is 1. The first-order valence-electron chi connectivity index (χ1n) is 8.10. The van der Waals surface area contributed by atoms with Crippen LogP contribution in [0, 0.1) is 13.8 Å². The average molecular weight is 356 g/mol. The smallest absolute Gasteiger partial charge is 0.247 e. The third kappa shape index (κ3) is 2.89. The van der Waals surface area contributed by atoms with E-state index < -0.39 is 10.0 Å². The Morgan fingerprint density at radius 2 is 1.70 bits per heavy atom. The molecule has 23 heavy (non-hydrogen) atoms. The molecule has 0 N–H and O–H groups in total. The molecule has 2 saturated heterocycles. The minimum absolute atomic E-state index is 0.141. The Labute approximate surface area is 143 Å². The summed E-state index contributed by atoms with van der Waals surface area (Å²) in [6, 6.07) is 3.88. The van der Waals surface area contributed by atoms with Gasteiger partial charge in [-0.1, -0.05) is 0 Å². The van der Waals surface area contributed by atoms with E-state index in [0.29, 0.717) is 15.9 Å². The van der Waals surface area contributed by atoms with Gasteiger partial charge < -0.3 is 4.74 Å². The van der Waals surface area contributed by atoms with Crippen LogP contribution < -0.4 is 4.74 Å². The number of hydrogen-bond donors (Lipinski definition) is 0. The van der Waals surface area contributed by atoms with E-state index in [1.807, 2.05) is 31.7 Å². The maximum atomic E-state index is 13.3. The number of sulfonamides is 1. The molecule has 2 bridgehead atoms. The van der Waals surface area contributed by atoms with Gasteiger partial charge >= 0.3 is 0 Å². The van der Waals surface area contributed by atoms with Gasteiger partial charge in [-0.05, 0) is 69.0 Å². The normalized spacial score (nSPS) is 28.1. The third-order valence-corrected chi connectivity index (χ3v) is 8.37. The molecule has 0 aromatic heterocycles. The lowest BCUT2D eigenvalue weighted by molar-refractivity contribution is 0.252. The average Bonchev–Trinajstić information content (AvgIpc) is 2.81. The number of piperidine rings is 1. The van der Waals surface area contributed by atoms with Crippen molar-refractivity contribution in [2.24, 2.45) is 0 Å². The quantitative estimate of drug-likeness (QED) is 0.831. The van der Waals surface area contributed by atoms with E-state index in [-0.39, 0.29) is 12.1 Å². The highest BCUT2D eigenvalue weighted by Gasteiger charge is 2.47. The first-order chi connectivity index (χ1) is 10.9. The Balaban J connectivity index is 2.02. The third-order valence-electron chi connectivity index (χ3n) is 5.29. The molecule has 2 unspecified atom stereocenters. The van der Waals surface area contributed by atoms with E-state index in [1.54, 1.807) is 10.4 Å². The molecular formula is C17H25NO3S2. The second-order valence-electron chi connectivity index (χ2n) is 6.64. The van der Waals surface area contributed by atoms with E-state index >= 15 is 0 Å². The van der Waals surface area contributed by atoms with Crippen LogP contribution in [0.15, 0.2) is 17.0 Å². The number of aryl methyl sites for hydroxylation is 2. The number of hydrogen-bond acceptors (Lipinski definition) is 4. The number of benzene rings is 1. The molecule has 0 radical (unpaired) electrons. The van der Waals surface area contributed by atoms with Crippen molar-refractivity contribution in [1.82, 2.24) is 4.31 Å². The van der Waals surface area contributed by atoms with Gasteiger partial charge in [0.1, 0.15) is 10.6 Å². The highest BCUT2D eigenvalue weighted by atomic mass is 32.2. The van der Waals surface area contributed by atoms with Crippen LogP contribution in [0.3, 0.4) is 0 Å². The Hall–Kier alpha value is -0.720. The SMILES string of the molecule is COc1cc(C)c(C)cc1S(=O)(=O)N1C2CCC1CC(SC)C2. The second kappa shape index (κ2) is 6.30. The van der Waals surface area contributed by atoms with Crippen LogP contribution >= 0.6 is 11.8 Å². The van der Waals surface area contributed by atoms with Crippen LogP contribution in [0.1, 0.15) is 36.8 Å². The van der Waals surface area contributed by atoms with Crippen LogP contribution in [-0.2, 0) is 10.0 Å². The molecule has 0 aliphatic carbocycles. The fourth-order valence-corrected chi connectivity index (χ4v) is 6.85. The molecule has 1 aromatic carbocycles. The number of fused-ring (bicyclic) bond motifs is 2. The second-order valence-corrected chi connectivity index (χ2v) is 9.59. The van der Waals surface area contributed by atoms with Crippen LogP contribution in [-0.4, -0.2) is 43.4 Å². The molecule has 3 rings (SSSR count). The summed E-state index contributed by atoms with van der Waals surface area (Å²) in [7, 11) is -1.97. The number of nitrogens with zero attached hydrogens (tertiary/aromatic N) is 1. The van der Waals surface area contributed by atoms with Gasteiger partial charge in [0.05, 0.1) is 7.11 Å². The predicted octanol–water partition coefficient (Wildman–Crippen LogP) is 3.36. The Kier molecular flexibility index (Phi) is 4.69. The van der Waals surface area contributed by atoms with Crippen molar-refractivity contribution in [3.8, 4) is 5.75 Å². The van der Waals surface area contributed by atoms with E-state index in [2.05, 4.69) is 6.26 Å². The van der Waals surface area contributed by atoms with Crippen molar-refractivity contribution in [1.29, 1.82) is 0 Å². The zero-order chi connectivity index (χ0) is 16.8. The fourth-order valence-electron chi connectivity index (χ4n) is 3.91. The molecule has 2 atom stereocenters. The molecule has 0 spiro atoms. The van der Waals surface area contributed by atoms with Gasteiger partial charge in [0.15, 0.2) is 0 Å². The Morgan fingerprint density at radius 1 is 1.13 bits per heavy atom. The summed E-state index contributed by atoms with van der Waals surface area (Å²) in [4.78, 5) is 0.322. The van der Waals surface area contributed by atoms with Gasteiger partial charge in [-0.3, -0.25) is 0 Å². The van der Waals surface area contributed by atoms with Gasteiger partial charge in [0.2, 0.25) is 10.0 Å². The van der Waals surface area contributed by atoms with Crippen LogP contribution in [0.25, 0.3) is 0 Å². The van der Waals surface area contributed by atoms with Crippen LogP contribution in [0.4, 0.5) is 0 Å². The Morgan fingerprint density at radius 3 is 2.22 bits per heavy atom. The summed E-state index contributed by atoms with van der Waals surface area (Å²) < 4.78 is 33.8. The standard InChI is InChI=1S/C17H25NO3S2/c1-11-7-16(21-3)17(8-12(11)2)23(19,20)18-13-5-6-14(18)10-15(9-13)22-4/h7-8,13-15H,5-6,9-10H2,1-4H3. The summed E-state index contributed by atoms with van der Waals surface area (Å²) in [5.41, 5.74) is 2.03. The van der Waals surface area contributed by atoms with Crippen molar-refractivity contribution in [2.45, 2.75) is 61.8 Å². The first kappa shape index (κ1) is 17.1. The van der Waals surface area contributed by atoms with Crippen molar-refractivity contribution in [3.05, 3.63) is 23.3 Å². The molecule has 4 nitrogen and oxygen atoms in total. The highest BCUT2D eigenvalue weighted by Crippen LogP contribution is 2.44. The van der Waals surface area contributed by atoms with E-state index in [0.717, 1.165) is 36.8 Å². The van der Waals surface area contributed by atoms with Crippen molar-refractivity contribution in [2.75, 3.05) is 13.4 Å². The van der Waals surface area contributed by atoms with Gasteiger partial charge in [0, 0.05) is 17.3 Å². The van der Waals surface area contributed by atoms with Crippen molar-refractivity contribution < 1.29 is 13.2 Å². The Bertz CT molecular complexity index is 688. The van der Waals surface area contributed by atoms with Gasteiger partial charge in [-0.25, -0.2) is 8.42 Å². The lowest BCUT2D eigenvalue weighted by atomic mass is 10.1. The summed E-state index contributed by atoms with van der Waals surface area (Å²) >= 11 is 1.87. The molecule has 2 fully saturated rings. The summed E-state index contributed by atoms with van der Waals surface area (Å²) in [5, 5.41) is 0.584. The maximum Gasteiger partial charge on any atom is 0.247 e. The van der Waals surface area contributed by atoms with E-state index in [1.165, 1.54) is 7.11 Å². The first-order valence-corrected chi connectivity index (χ1v) is 10.8. The molecule has 0 saturated carbocycles. The molecule has 2 aliphatic heterocycles. The monoisotopic (exact) mass is 355 g/mol. The molecule has 6 heteroatoms. The topological polar surface area (TPSA) is 46.6 Å². The van der Waals surface area contributed by atoms with E-state index in [9.17, 15) is 8.42 Å². The fraction of sp³-hybridized carbons (Fsp3) is 0.647. The zero-order valence-corrected chi connectivity index (χ0v) is 15.8. The van der Waals surface area contributed by atoms with Crippen molar-refractivity contribution >= 4 is 21.8 Å². The number of ether oxygens (including phenoxy) is 1. The number of thioether (sulfide) groups is 1. The lowest BCUT2D eigenvalue weighted by Gasteiger charge is -2.37. The largest absolute Gasteiger partial charge is 0.495 e. The predicted molar refractivity (Wildman–Crippen MR) is 94.8 cm³/mol. The minimum Gasteiger partial charge on any atom is -0.495 e. The summed E-state index contributed by atoms with van der Waals surface area (Å²) in [5.74, 6) is 0.458. The van der Waals surface area contributed by atoms with E-state index in [4.69, 9.17) is 4.74 Å². The molecule has 1 aromatic rings. The summed E-state index contributed by atoms with van der Waals surface area (Å²) in [6.45, 7) is 3.92. The number of rotatable bonds is 4. The zero-order valence-electron chi connectivity index (χ0n) is 14.2. The minimum atomic E-state index is -3.51. The van der Waals surface area contributed by atoms with Crippen LogP contribution in [0.5, 0.6) is 5.75 Å². The van der Waals surface area contributed by atoms with Gasteiger partial charge in [0.25, 0.3) is 0 Å². The van der Waals surface area contributed by atoms with Crippen molar-refractivity contribution in [3.63, 3.8) is 0 Å². The van der Waals surface area contributed by atoms with Gasteiger partial charge in [-0.2, -0.15) is 16.1 Å². The molecular weight excluding hydrogens is 330 g/mol. The molecule has 2 heterocycles. The molecule has 128 valence electrons. The van der Waals surface area contributed by atoms with Gasteiger partial charge in [-0.15, -0.1) is 0 Å². The highest BCUT2D eigenvalue weighted by molar-refractivity contribution is 7.99. The maximum absolute atomic E-state index is 13.3. The molecule has 0 amide bonds. The lowest BCUT2D eigenvalue weighted by Crippen LogP contribution is -2.47.